The van der Waals surface area contributed by atoms with Crippen LogP contribution in [0.15, 0.2) is 52.9 Å². The molecule has 2 N–H and O–H groups in total. The first-order valence-corrected chi connectivity index (χ1v) is 12.7. The van der Waals surface area contributed by atoms with Crippen LogP contribution in [0.2, 0.25) is 0 Å². The van der Waals surface area contributed by atoms with Crippen LogP contribution in [-0.4, -0.2) is 80.5 Å². The zero-order valence-corrected chi connectivity index (χ0v) is 21.4. The van der Waals surface area contributed by atoms with E-state index in [9.17, 15) is 28.2 Å². The molecule has 1 amide bonds. The normalized spacial score (nSPS) is 17.7. The van der Waals surface area contributed by atoms with Crippen molar-refractivity contribution >= 4 is 27.5 Å². The van der Waals surface area contributed by atoms with E-state index in [1.807, 2.05) is 0 Å². The SMILES string of the molecule is CCOc1cc(C2C(=C(O)c3ccc(S(=O)(=O)N(C)C)cc3)C(=O)C(=O)N2CCCOC)ccc1O. The van der Waals surface area contributed by atoms with Gasteiger partial charge in [0, 0.05) is 39.9 Å². The molecular weight excluding hydrogens is 488 g/mol. The fourth-order valence-corrected chi connectivity index (χ4v) is 4.86. The number of hydrogen-bond acceptors (Lipinski definition) is 8. The number of carbonyl (C=O) groups is 2. The van der Waals surface area contributed by atoms with Gasteiger partial charge in [0.15, 0.2) is 11.5 Å². The minimum Gasteiger partial charge on any atom is -0.507 e. The lowest BCUT2D eigenvalue weighted by Crippen LogP contribution is -2.31. The zero-order chi connectivity index (χ0) is 26.6. The Balaban J connectivity index is 2.14. The number of phenolic OH excluding ortho intramolecular Hbond substituents is 1. The van der Waals surface area contributed by atoms with E-state index in [1.54, 1.807) is 13.0 Å². The number of methoxy groups -OCH3 is 1. The highest BCUT2D eigenvalue weighted by atomic mass is 32.2. The van der Waals surface area contributed by atoms with Gasteiger partial charge in [-0.05, 0) is 55.3 Å². The number of likely N-dealkylation sites (tertiary alicyclic amines) is 1. The fourth-order valence-electron chi connectivity index (χ4n) is 3.96. The molecule has 0 aliphatic carbocycles. The maximum Gasteiger partial charge on any atom is 0.295 e. The van der Waals surface area contributed by atoms with Gasteiger partial charge in [0.05, 0.1) is 23.1 Å². The van der Waals surface area contributed by atoms with Gasteiger partial charge in [-0.1, -0.05) is 6.07 Å². The van der Waals surface area contributed by atoms with Crippen molar-refractivity contribution in [3.8, 4) is 11.5 Å². The molecule has 1 atom stereocenters. The number of ketones is 1. The van der Waals surface area contributed by atoms with Crippen molar-refractivity contribution in [3.05, 3.63) is 59.2 Å². The summed E-state index contributed by atoms with van der Waals surface area (Å²) in [5, 5.41) is 21.3. The summed E-state index contributed by atoms with van der Waals surface area (Å²) in [7, 11) is 0.648. The van der Waals surface area contributed by atoms with Crippen LogP contribution in [0.4, 0.5) is 0 Å². The molecule has 194 valence electrons. The van der Waals surface area contributed by atoms with Gasteiger partial charge in [0.25, 0.3) is 11.7 Å². The fraction of sp³-hybridized carbons (Fsp3) is 0.360. The molecule has 2 aromatic carbocycles. The Labute approximate surface area is 210 Å². The number of benzene rings is 2. The Hall–Kier alpha value is -3.41. The molecule has 36 heavy (non-hydrogen) atoms. The van der Waals surface area contributed by atoms with Gasteiger partial charge in [0.2, 0.25) is 10.0 Å². The largest absolute Gasteiger partial charge is 0.507 e. The number of aromatic hydroxyl groups is 1. The van der Waals surface area contributed by atoms with E-state index in [1.165, 1.54) is 62.5 Å². The number of amides is 1. The summed E-state index contributed by atoms with van der Waals surface area (Å²) in [6.45, 7) is 2.58. The third-order valence-corrected chi connectivity index (χ3v) is 7.62. The summed E-state index contributed by atoms with van der Waals surface area (Å²) >= 11 is 0. The monoisotopic (exact) mass is 518 g/mol. The third-order valence-electron chi connectivity index (χ3n) is 5.79. The predicted octanol–water partition coefficient (Wildman–Crippen LogP) is 2.50. The maximum atomic E-state index is 13.1. The van der Waals surface area contributed by atoms with Gasteiger partial charge >= 0.3 is 0 Å². The molecule has 11 heteroatoms. The summed E-state index contributed by atoms with van der Waals surface area (Å²) in [4.78, 5) is 27.5. The van der Waals surface area contributed by atoms with Gasteiger partial charge in [-0.3, -0.25) is 9.59 Å². The molecule has 1 saturated heterocycles. The van der Waals surface area contributed by atoms with Crippen molar-refractivity contribution in [1.29, 1.82) is 0 Å². The van der Waals surface area contributed by atoms with Crippen LogP contribution in [-0.2, 0) is 24.3 Å². The highest BCUT2D eigenvalue weighted by Crippen LogP contribution is 2.42. The van der Waals surface area contributed by atoms with E-state index < -0.39 is 33.5 Å². The van der Waals surface area contributed by atoms with Crippen molar-refractivity contribution in [2.45, 2.75) is 24.3 Å². The van der Waals surface area contributed by atoms with Crippen LogP contribution >= 0.6 is 0 Å². The average Bonchev–Trinajstić information content (AvgIpc) is 3.10. The number of Topliss-reactive ketones (excluding diaryl/α,β-unsaturated/α-hetero) is 1. The second-order valence-corrected chi connectivity index (χ2v) is 10.5. The van der Waals surface area contributed by atoms with Gasteiger partial charge in [-0.15, -0.1) is 0 Å². The summed E-state index contributed by atoms with van der Waals surface area (Å²) in [5.41, 5.74) is 0.492. The van der Waals surface area contributed by atoms with Crippen molar-refractivity contribution in [2.75, 3.05) is 41.0 Å². The van der Waals surface area contributed by atoms with E-state index in [2.05, 4.69) is 0 Å². The molecule has 1 fully saturated rings. The molecule has 1 unspecified atom stereocenters. The highest BCUT2D eigenvalue weighted by molar-refractivity contribution is 7.89. The van der Waals surface area contributed by atoms with E-state index in [4.69, 9.17) is 9.47 Å². The van der Waals surface area contributed by atoms with Crippen LogP contribution in [0, 0.1) is 0 Å². The quantitative estimate of drug-likeness (QED) is 0.212. The first-order valence-electron chi connectivity index (χ1n) is 11.3. The summed E-state index contributed by atoms with van der Waals surface area (Å²) in [6.07, 6.45) is 0.452. The second kappa shape index (κ2) is 11.1. The van der Waals surface area contributed by atoms with Crippen molar-refractivity contribution in [1.82, 2.24) is 9.21 Å². The van der Waals surface area contributed by atoms with Crippen molar-refractivity contribution < 1.29 is 37.7 Å². The molecule has 1 aliphatic rings. The van der Waals surface area contributed by atoms with E-state index in [0.717, 1.165) is 4.31 Å². The number of aliphatic hydroxyl groups excluding tert-OH is 1. The van der Waals surface area contributed by atoms with Gasteiger partial charge in [-0.25, -0.2) is 12.7 Å². The molecule has 1 heterocycles. The average molecular weight is 519 g/mol. The van der Waals surface area contributed by atoms with Gasteiger partial charge in [-0.2, -0.15) is 0 Å². The van der Waals surface area contributed by atoms with Gasteiger partial charge in [0.1, 0.15) is 5.76 Å². The lowest BCUT2D eigenvalue weighted by molar-refractivity contribution is -0.140. The number of sulfonamides is 1. The molecule has 0 bridgehead atoms. The molecule has 0 saturated carbocycles. The van der Waals surface area contributed by atoms with Crippen LogP contribution in [0.1, 0.15) is 30.5 Å². The molecule has 10 nitrogen and oxygen atoms in total. The Morgan fingerprint density at radius 1 is 1.11 bits per heavy atom. The summed E-state index contributed by atoms with van der Waals surface area (Å²) < 4.78 is 36.4. The first kappa shape index (κ1) is 27.2. The Morgan fingerprint density at radius 3 is 2.36 bits per heavy atom. The predicted molar refractivity (Wildman–Crippen MR) is 132 cm³/mol. The van der Waals surface area contributed by atoms with Crippen LogP contribution in [0.5, 0.6) is 11.5 Å². The zero-order valence-electron chi connectivity index (χ0n) is 20.6. The second-order valence-electron chi connectivity index (χ2n) is 8.31. The van der Waals surface area contributed by atoms with Crippen LogP contribution in [0.25, 0.3) is 5.76 Å². The minimum absolute atomic E-state index is 0.0144. The Morgan fingerprint density at radius 2 is 1.78 bits per heavy atom. The topological polar surface area (TPSA) is 134 Å². The molecular formula is C25H30N2O8S. The molecule has 2 aromatic rings. The highest BCUT2D eigenvalue weighted by Gasteiger charge is 2.46. The number of hydrogen-bond donors (Lipinski definition) is 2. The van der Waals surface area contributed by atoms with E-state index in [-0.39, 0.29) is 40.7 Å². The maximum absolute atomic E-state index is 13.1. The third kappa shape index (κ3) is 5.23. The number of rotatable bonds is 10. The van der Waals surface area contributed by atoms with E-state index in [0.29, 0.717) is 18.6 Å². The summed E-state index contributed by atoms with van der Waals surface area (Å²) in [5.74, 6) is -2.01. The van der Waals surface area contributed by atoms with Crippen LogP contribution < -0.4 is 4.74 Å². The number of nitrogens with zero attached hydrogens (tertiary/aromatic N) is 2. The molecule has 3 rings (SSSR count). The lowest BCUT2D eigenvalue weighted by Gasteiger charge is -2.25. The molecule has 0 aromatic heterocycles. The minimum atomic E-state index is -3.69. The van der Waals surface area contributed by atoms with Crippen molar-refractivity contribution in [2.24, 2.45) is 0 Å². The smallest absolute Gasteiger partial charge is 0.295 e. The molecule has 0 spiro atoms. The standard InChI is InChI=1S/C25H30N2O8S/c1-5-35-20-15-17(9-12-19(20)28)22-21(24(30)25(31)27(22)13-6-14-34-4)23(29)16-7-10-18(11-8-16)36(32,33)26(2)3/h7-12,15,22,28-29H,5-6,13-14H2,1-4H3. The summed E-state index contributed by atoms with van der Waals surface area (Å²) in [6, 6.07) is 8.93. The first-order chi connectivity index (χ1) is 17.0. The van der Waals surface area contributed by atoms with Crippen LogP contribution in [0.3, 0.4) is 0 Å². The number of ether oxygens (including phenoxy) is 2. The molecule has 1 aliphatic heterocycles. The Bertz CT molecular complexity index is 1270. The van der Waals surface area contributed by atoms with Crippen molar-refractivity contribution in [3.63, 3.8) is 0 Å². The Kier molecular flexibility index (Phi) is 8.39. The number of aliphatic hydroxyl groups is 1. The lowest BCUT2D eigenvalue weighted by atomic mass is 9.95. The number of phenols is 1. The van der Waals surface area contributed by atoms with E-state index >= 15 is 0 Å². The molecule has 0 radical (unpaired) electrons. The van der Waals surface area contributed by atoms with Gasteiger partial charge < -0.3 is 24.6 Å². The number of carbonyl (C=O) groups excluding carboxylic acids is 2.